The van der Waals surface area contributed by atoms with Gasteiger partial charge >= 0.3 is 10.3 Å². The molecule has 5 rings (SSSR count). The lowest BCUT2D eigenvalue weighted by Gasteiger charge is -2.43. The number of rotatable bonds is 11. The maximum atomic E-state index is 13.8. The fourth-order valence-corrected chi connectivity index (χ4v) is 7.28. The maximum Gasteiger partial charge on any atom is 0.305 e. The number of para-hydroxylation sites is 1. The number of aromatic nitrogens is 1. The fourth-order valence-electron chi connectivity index (χ4n) is 5.31. The SMILES string of the molecule is O=C(O)C[C@H](NC(=O)[C@@H]1CCCN2C(=O)CC[C@H](NC(=O)c3ccccc3)C(=O)N12)C(=O)CSc1scc[n+]1-c1ccccc1. The number of hydrogen-bond donors (Lipinski definition) is 3. The van der Waals surface area contributed by atoms with Gasteiger partial charge < -0.3 is 15.7 Å². The van der Waals surface area contributed by atoms with Crippen molar-refractivity contribution in [3.8, 4) is 5.69 Å². The van der Waals surface area contributed by atoms with E-state index in [0.717, 1.165) is 15.0 Å². The Hall–Kier alpha value is -4.56. The molecule has 45 heavy (non-hydrogen) atoms. The lowest BCUT2D eigenvalue weighted by Crippen LogP contribution is -2.64. The highest BCUT2D eigenvalue weighted by molar-refractivity contribution is 8.01. The fraction of sp³-hybridized carbons (Fsp3) is 0.323. The Labute approximate surface area is 267 Å². The summed E-state index contributed by atoms with van der Waals surface area (Å²) in [6.45, 7) is 0.212. The molecule has 2 fully saturated rings. The summed E-state index contributed by atoms with van der Waals surface area (Å²) in [5, 5.41) is 19.0. The predicted octanol–water partition coefficient (Wildman–Crippen LogP) is 1.97. The van der Waals surface area contributed by atoms with Crippen LogP contribution in [0.1, 0.15) is 42.5 Å². The van der Waals surface area contributed by atoms with Crippen molar-refractivity contribution in [2.24, 2.45) is 0 Å². The number of fused-ring (bicyclic) bond motifs is 1. The summed E-state index contributed by atoms with van der Waals surface area (Å²) in [5.41, 5.74) is 1.25. The van der Waals surface area contributed by atoms with Crippen LogP contribution in [0.15, 0.2) is 76.6 Å². The van der Waals surface area contributed by atoms with E-state index in [0.29, 0.717) is 12.0 Å². The van der Waals surface area contributed by atoms with Crippen molar-refractivity contribution in [1.82, 2.24) is 20.7 Å². The number of carbonyl (C=O) groups is 6. The molecule has 0 saturated carbocycles. The number of ketones is 1. The second-order valence-electron chi connectivity index (χ2n) is 10.6. The van der Waals surface area contributed by atoms with Crippen LogP contribution in [0.3, 0.4) is 0 Å². The monoisotopic (exact) mass is 650 g/mol. The quantitative estimate of drug-likeness (QED) is 0.210. The van der Waals surface area contributed by atoms with Crippen LogP contribution in [0.4, 0.5) is 0 Å². The summed E-state index contributed by atoms with van der Waals surface area (Å²) < 4.78 is 2.72. The highest BCUT2D eigenvalue weighted by atomic mass is 32.2. The molecule has 12 nitrogen and oxygen atoms in total. The van der Waals surface area contributed by atoms with Gasteiger partial charge in [-0.2, -0.15) is 0 Å². The molecule has 0 radical (unpaired) electrons. The Balaban J connectivity index is 1.30. The van der Waals surface area contributed by atoms with E-state index in [-0.39, 0.29) is 37.5 Å². The average Bonchev–Trinajstić information content (AvgIpc) is 3.49. The number of benzene rings is 2. The smallest absolute Gasteiger partial charge is 0.305 e. The van der Waals surface area contributed by atoms with Crippen LogP contribution in [0, 0.1) is 0 Å². The zero-order valence-electron chi connectivity index (χ0n) is 24.2. The van der Waals surface area contributed by atoms with E-state index in [1.165, 1.54) is 28.1 Å². The van der Waals surface area contributed by atoms with E-state index >= 15 is 0 Å². The van der Waals surface area contributed by atoms with Gasteiger partial charge in [-0.1, -0.05) is 47.7 Å². The van der Waals surface area contributed by atoms with Crippen molar-refractivity contribution in [2.45, 2.75) is 54.6 Å². The molecule has 2 aliphatic heterocycles. The van der Waals surface area contributed by atoms with Crippen LogP contribution >= 0.6 is 23.1 Å². The summed E-state index contributed by atoms with van der Waals surface area (Å²) in [6, 6.07) is 14.3. The Morgan fingerprint density at radius 2 is 1.73 bits per heavy atom. The first-order valence-corrected chi connectivity index (χ1v) is 16.3. The summed E-state index contributed by atoms with van der Waals surface area (Å²) in [4.78, 5) is 78.3. The molecule has 1 aromatic heterocycles. The van der Waals surface area contributed by atoms with Crippen molar-refractivity contribution >= 4 is 58.5 Å². The lowest BCUT2D eigenvalue weighted by molar-refractivity contribution is -0.628. The van der Waals surface area contributed by atoms with E-state index in [9.17, 15) is 33.9 Å². The number of hydrazine groups is 1. The number of aliphatic carboxylic acids is 1. The molecule has 3 atom stereocenters. The molecule has 3 heterocycles. The zero-order valence-corrected chi connectivity index (χ0v) is 25.8. The first-order chi connectivity index (χ1) is 21.7. The summed E-state index contributed by atoms with van der Waals surface area (Å²) in [6.07, 6.45) is 1.87. The molecule has 2 saturated heterocycles. The highest BCUT2D eigenvalue weighted by Gasteiger charge is 2.45. The van der Waals surface area contributed by atoms with Gasteiger partial charge in [-0.05, 0) is 43.2 Å². The van der Waals surface area contributed by atoms with Crippen LogP contribution in [0.2, 0.25) is 0 Å². The number of nitrogens with zero attached hydrogens (tertiary/aromatic N) is 3. The van der Waals surface area contributed by atoms with Crippen molar-refractivity contribution < 1.29 is 38.4 Å². The Morgan fingerprint density at radius 1 is 1.02 bits per heavy atom. The molecule has 234 valence electrons. The minimum Gasteiger partial charge on any atom is -0.481 e. The molecule has 2 aliphatic rings. The molecule has 0 bridgehead atoms. The Morgan fingerprint density at radius 3 is 2.44 bits per heavy atom. The van der Waals surface area contributed by atoms with Crippen LogP contribution in [-0.2, 0) is 24.0 Å². The zero-order chi connectivity index (χ0) is 31.9. The molecule has 4 amide bonds. The van der Waals surface area contributed by atoms with Gasteiger partial charge in [0.2, 0.25) is 17.5 Å². The molecular weight excluding hydrogens is 619 g/mol. The van der Waals surface area contributed by atoms with Crippen molar-refractivity contribution in [1.29, 1.82) is 0 Å². The van der Waals surface area contributed by atoms with E-state index in [4.69, 9.17) is 0 Å². The van der Waals surface area contributed by atoms with Crippen LogP contribution in [0.5, 0.6) is 0 Å². The van der Waals surface area contributed by atoms with Gasteiger partial charge in [0.15, 0.2) is 12.0 Å². The minimum absolute atomic E-state index is 0.0145. The second-order valence-corrected chi connectivity index (χ2v) is 12.7. The number of carboxylic acids is 1. The third kappa shape index (κ3) is 7.57. The molecule has 2 aromatic carbocycles. The molecular formula is C31H32N5O7S2+. The number of amides is 4. The maximum absolute atomic E-state index is 13.8. The first kappa shape index (κ1) is 31.9. The summed E-state index contributed by atoms with van der Waals surface area (Å²) >= 11 is 2.66. The van der Waals surface area contributed by atoms with Gasteiger partial charge in [0.1, 0.15) is 12.1 Å². The second kappa shape index (κ2) is 14.5. The minimum atomic E-state index is -1.35. The molecule has 14 heteroatoms. The Kier molecular flexibility index (Phi) is 10.2. The number of thiazole rings is 1. The van der Waals surface area contributed by atoms with Crippen molar-refractivity contribution in [2.75, 3.05) is 12.3 Å². The number of nitrogens with one attached hydrogen (secondary N) is 2. The molecule has 0 aliphatic carbocycles. The van der Waals surface area contributed by atoms with Gasteiger partial charge in [0, 0.05) is 30.7 Å². The third-order valence-electron chi connectivity index (χ3n) is 7.54. The largest absolute Gasteiger partial charge is 0.481 e. The highest BCUT2D eigenvalue weighted by Crippen LogP contribution is 2.26. The van der Waals surface area contributed by atoms with E-state index in [2.05, 4.69) is 10.6 Å². The topological polar surface area (TPSA) is 157 Å². The number of carbonyl (C=O) groups excluding carboxylic acids is 5. The van der Waals surface area contributed by atoms with E-state index in [1.54, 1.807) is 30.3 Å². The van der Waals surface area contributed by atoms with Gasteiger partial charge in [-0.3, -0.25) is 33.8 Å². The van der Waals surface area contributed by atoms with Crippen LogP contribution in [0.25, 0.3) is 5.69 Å². The van der Waals surface area contributed by atoms with E-state index in [1.807, 2.05) is 46.5 Å². The standard InChI is InChI=1S/C31H31N5O7S2/c37-25(19-45-31-34(16-17-44-31)21-10-5-2-6-11-21)23(18-27(39)40)33-29(42)24-12-7-15-35-26(38)14-13-22(30(43)36(24)35)32-28(41)20-8-3-1-4-9-20/h1-6,8-11,16-17,22-24H,7,12-15,18-19H2,(H2-,32,33,39,40,41,42)/p+1/t22-,23-,24-/m0/s1. The van der Waals surface area contributed by atoms with Crippen LogP contribution < -0.4 is 15.2 Å². The number of thioether (sulfide) groups is 1. The molecule has 0 unspecified atom stereocenters. The Bertz CT molecular complexity index is 1580. The normalized spacial score (nSPS) is 18.8. The molecule has 0 spiro atoms. The summed E-state index contributed by atoms with van der Waals surface area (Å²) in [5.74, 6) is -4.09. The van der Waals surface area contributed by atoms with Gasteiger partial charge in [0.05, 0.1) is 23.6 Å². The number of Topliss-reactive ketones (excluding diaryl/α,β-unsaturated/α-hetero) is 1. The average molecular weight is 651 g/mol. The predicted molar refractivity (Wildman–Crippen MR) is 164 cm³/mol. The van der Waals surface area contributed by atoms with Crippen molar-refractivity contribution in [3.63, 3.8) is 0 Å². The van der Waals surface area contributed by atoms with Gasteiger partial charge in [0.25, 0.3) is 11.8 Å². The van der Waals surface area contributed by atoms with E-state index < -0.39 is 54.0 Å². The van der Waals surface area contributed by atoms with Crippen LogP contribution in [-0.4, -0.2) is 80.9 Å². The van der Waals surface area contributed by atoms with Gasteiger partial charge in [-0.15, -0.1) is 4.57 Å². The number of hydrogen-bond acceptors (Lipinski definition) is 8. The molecule has 3 aromatic rings. The summed E-state index contributed by atoms with van der Waals surface area (Å²) in [7, 11) is 0. The van der Waals surface area contributed by atoms with Gasteiger partial charge in [-0.25, -0.2) is 5.01 Å². The first-order valence-electron chi connectivity index (χ1n) is 14.4. The third-order valence-corrected chi connectivity index (χ3v) is 9.71. The lowest BCUT2D eigenvalue weighted by atomic mass is 10.0. The molecule has 3 N–H and O–H groups in total. The number of carboxylic acid groups (broad SMARTS) is 1. The van der Waals surface area contributed by atoms with Crippen molar-refractivity contribution in [3.05, 3.63) is 77.8 Å².